The van der Waals surface area contributed by atoms with Gasteiger partial charge in [0.2, 0.25) is 11.7 Å². The van der Waals surface area contributed by atoms with Crippen molar-refractivity contribution in [2.75, 3.05) is 11.9 Å². The van der Waals surface area contributed by atoms with Gasteiger partial charge in [0, 0.05) is 29.8 Å². The van der Waals surface area contributed by atoms with E-state index in [0.29, 0.717) is 5.69 Å². The molecule has 8 nitrogen and oxygen atoms in total. The molecule has 0 radical (unpaired) electrons. The lowest BCUT2D eigenvalue weighted by molar-refractivity contribution is -0.384. The van der Waals surface area contributed by atoms with Gasteiger partial charge in [-0.1, -0.05) is 29.8 Å². The number of carbonyl (C=O) groups is 3. The topological polar surface area (TPSA) is 116 Å². The van der Waals surface area contributed by atoms with Crippen molar-refractivity contribution in [2.45, 2.75) is 19.8 Å². The molecule has 2 rings (SSSR count). The molecule has 0 saturated carbocycles. The summed E-state index contributed by atoms with van der Waals surface area (Å²) in [7, 11) is 0. The highest BCUT2D eigenvalue weighted by molar-refractivity contribution is 5.98. The van der Waals surface area contributed by atoms with Gasteiger partial charge in [-0.15, -0.1) is 0 Å². The Hall–Kier alpha value is -3.55. The SMILES string of the molecule is Cc1ccc(NC(=O)CCC(=O)OCC(=O)c2cccc([N+](=O)[O-])c2)cc1. The Kier molecular flexibility index (Phi) is 6.76. The number of aryl methyl sites for hydroxylation is 1. The number of rotatable bonds is 8. The zero-order valence-corrected chi connectivity index (χ0v) is 14.6. The summed E-state index contributed by atoms with van der Waals surface area (Å²) >= 11 is 0. The van der Waals surface area contributed by atoms with Crippen LogP contribution in [-0.4, -0.2) is 29.2 Å². The number of ether oxygens (including phenoxy) is 1. The van der Waals surface area contributed by atoms with Crippen LogP contribution in [-0.2, 0) is 14.3 Å². The van der Waals surface area contributed by atoms with E-state index in [9.17, 15) is 24.5 Å². The van der Waals surface area contributed by atoms with Gasteiger partial charge in [-0.25, -0.2) is 0 Å². The van der Waals surface area contributed by atoms with Crippen LogP contribution in [0.1, 0.15) is 28.8 Å². The fourth-order valence-electron chi connectivity index (χ4n) is 2.17. The van der Waals surface area contributed by atoms with Gasteiger partial charge in [-0.05, 0) is 19.1 Å². The molecule has 0 aliphatic carbocycles. The Morgan fingerprint density at radius 1 is 1.07 bits per heavy atom. The third-order valence-electron chi connectivity index (χ3n) is 3.63. The van der Waals surface area contributed by atoms with Gasteiger partial charge in [0.05, 0.1) is 11.3 Å². The standard InChI is InChI=1S/C19H18N2O6/c1-13-5-7-15(8-6-13)20-18(23)9-10-19(24)27-12-17(22)14-3-2-4-16(11-14)21(25)26/h2-8,11H,9-10,12H2,1H3,(H,20,23). The second-order valence-electron chi connectivity index (χ2n) is 5.81. The number of nitro groups is 1. The lowest BCUT2D eigenvalue weighted by atomic mass is 10.1. The minimum Gasteiger partial charge on any atom is -0.457 e. The highest BCUT2D eigenvalue weighted by Crippen LogP contribution is 2.14. The summed E-state index contributed by atoms with van der Waals surface area (Å²) in [5, 5.41) is 13.4. The van der Waals surface area contributed by atoms with Crippen LogP contribution in [0.15, 0.2) is 48.5 Å². The first-order valence-electron chi connectivity index (χ1n) is 8.15. The molecule has 0 saturated heterocycles. The Morgan fingerprint density at radius 2 is 1.78 bits per heavy atom. The van der Waals surface area contributed by atoms with E-state index in [1.165, 1.54) is 18.2 Å². The van der Waals surface area contributed by atoms with Gasteiger partial charge in [0.25, 0.3) is 5.69 Å². The summed E-state index contributed by atoms with van der Waals surface area (Å²) in [5.41, 5.74) is 1.54. The monoisotopic (exact) mass is 370 g/mol. The molecule has 0 aromatic heterocycles. The smallest absolute Gasteiger partial charge is 0.306 e. The largest absolute Gasteiger partial charge is 0.457 e. The maximum Gasteiger partial charge on any atom is 0.306 e. The number of carbonyl (C=O) groups excluding carboxylic acids is 3. The summed E-state index contributed by atoms with van der Waals surface area (Å²) in [6, 6.07) is 12.4. The number of ketones is 1. The lowest BCUT2D eigenvalue weighted by Crippen LogP contribution is -2.17. The second-order valence-corrected chi connectivity index (χ2v) is 5.81. The quantitative estimate of drug-likeness (QED) is 0.330. The van der Waals surface area contributed by atoms with Gasteiger partial charge in [0.1, 0.15) is 0 Å². The number of anilines is 1. The molecule has 0 bridgehead atoms. The molecule has 0 unspecified atom stereocenters. The molecule has 2 aromatic carbocycles. The van der Waals surface area contributed by atoms with Crippen LogP contribution in [0.4, 0.5) is 11.4 Å². The Labute approximate surface area is 155 Å². The molecule has 0 aliphatic heterocycles. The van der Waals surface area contributed by atoms with E-state index in [0.717, 1.165) is 11.6 Å². The van der Waals surface area contributed by atoms with Crippen LogP contribution in [0.25, 0.3) is 0 Å². The number of hydrogen-bond acceptors (Lipinski definition) is 6. The van der Waals surface area contributed by atoms with Crippen molar-refractivity contribution in [1.29, 1.82) is 0 Å². The molecule has 0 aliphatic rings. The molecular weight excluding hydrogens is 352 g/mol. The first-order valence-corrected chi connectivity index (χ1v) is 8.15. The van der Waals surface area contributed by atoms with Gasteiger partial charge in [-0.2, -0.15) is 0 Å². The van der Waals surface area contributed by atoms with Crippen LogP contribution in [0.5, 0.6) is 0 Å². The van der Waals surface area contributed by atoms with E-state index in [1.807, 2.05) is 19.1 Å². The maximum absolute atomic E-state index is 12.0. The first-order chi connectivity index (χ1) is 12.8. The molecule has 0 heterocycles. The molecule has 0 fully saturated rings. The molecule has 140 valence electrons. The minimum atomic E-state index is -0.701. The number of nitro benzene ring substituents is 1. The number of Topliss-reactive ketones (excluding diaryl/α,β-unsaturated/α-hetero) is 1. The van der Waals surface area contributed by atoms with E-state index < -0.39 is 23.3 Å². The van der Waals surface area contributed by atoms with Crippen molar-refractivity contribution in [3.63, 3.8) is 0 Å². The van der Waals surface area contributed by atoms with Crippen molar-refractivity contribution in [3.8, 4) is 0 Å². The second kappa shape index (κ2) is 9.23. The molecular formula is C19H18N2O6. The fourth-order valence-corrected chi connectivity index (χ4v) is 2.17. The van der Waals surface area contributed by atoms with Gasteiger partial charge >= 0.3 is 5.97 Å². The molecule has 27 heavy (non-hydrogen) atoms. The van der Waals surface area contributed by atoms with Crippen LogP contribution in [0, 0.1) is 17.0 Å². The average molecular weight is 370 g/mol. The third-order valence-corrected chi connectivity index (χ3v) is 3.63. The molecule has 8 heteroatoms. The zero-order chi connectivity index (χ0) is 19.8. The van der Waals surface area contributed by atoms with Crippen LogP contribution < -0.4 is 5.32 Å². The number of esters is 1. The first kappa shape index (κ1) is 19.8. The average Bonchev–Trinajstić information content (AvgIpc) is 2.66. The van der Waals surface area contributed by atoms with Gasteiger partial charge in [0.15, 0.2) is 6.61 Å². The van der Waals surface area contributed by atoms with Crippen molar-refractivity contribution >= 4 is 29.0 Å². The number of nitrogens with zero attached hydrogens (tertiary/aromatic N) is 1. The Morgan fingerprint density at radius 3 is 2.44 bits per heavy atom. The number of benzene rings is 2. The van der Waals surface area contributed by atoms with E-state index in [-0.39, 0.29) is 30.0 Å². The van der Waals surface area contributed by atoms with E-state index >= 15 is 0 Å². The predicted molar refractivity (Wildman–Crippen MR) is 97.4 cm³/mol. The van der Waals surface area contributed by atoms with Crippen molar-refractivity contribution in [1.82, 2.24) is 0 Å². The summed E-state index contributed by atoms with van der Waals surface area (Å²) in [6.07, 6.45) is -0.266. The van der Waals surface area contributed by atoms with Gasteiger partial charge in [-0.3, -0.25) is 24.5 Å². The molecule has 0 atom stereocenters. The van der Waals surface area contributed by atoms with Crippen LogP contribution in [0.3, 0.4) is 0 Å². The van der Waals surface area contributed by atoms with E-state index in [4.69, 9.17) is 4.74 Å². The number of nitrogens with one attached hydrogen (secondary N) is 1. The highest BCUT2D eigenvalue weighted by Gasteiger charge is 2.14. The molecule has 0 spiro atoms. The van der Waals surface area contributed by atoms with Crippen LogP contribution >= 0.6 is 0 Å². The zero-order valence-electron chi connectivity index (χ0n) is 14.6. The summed E-state index contributed by atoms with van der Waals surface area (Å²) in [5.74, 6) is -1.61. The number of non-ortho nitro benzene ring substituents is 1. The summed E-state index contributed by atoms with van der Waals surface area (Å²) < 4.78 is 4.84. The Balaban J connectivity index is 1.76. The normalized spacial score (nSPS) is 10.1. The minimum absolute atomic E-state index is 0.0779. The maximum atomic E-state index is 12.0. The van der Waals surface area contributed by atoms with Crippen molar-refractivity contribution in [3.05, 3.63) is 69.8 Å². The highest BCUT2D eigenvalue weighted by atomic mass is 16.6. The lowest BCUT2D eigenvalue weighted by Gasteiger charge is -2.06. The Bertz CT molecular complexity index is 861. The predicted octanol–water partition coefficient (Wildman–Crippen LogP) is 3.05. The molecule has 2 aromatic rings. The summed E-state index contributed by atoms with van der Waals surface area (Å²) in [6.45, 7) is 1.39. The summed E-state index contributed by atoms with van der Waals surface area (Å²) in [4.78, 5) is 45.6. The fraction of sp³-hybridized carbons (Fsp3) is 0.211. The van der Waals surface area contributed by atoms with Gasteiger partial charge < -0.3 is 10.1 Å². The molecule has 1 N–H and O–H groups in total. The third kappa shape index (κ3) is 6.35. The van der Waals surface area contributed by atoms with Crippen LogP contribution in [0.2, 0.25) is 0 Å². The van der Waals surface area contributed by atoms with E-state index in [2.05, 4.69) is 5.32 Å². The molecule has 1 amide bonds. The van der Waals surface area contributed by atoms with Crippen molar-refractivity contribution < 1.29 is 24.0 Å². The number of amides is 1. The van der Waals surface area contributed by atoms with E-state index in [1.54, 1.807) is 12.1 Å². The van der Waals surface area contributed by atoms with Crippen molar-refractivity contribution in [2.24, 2.45) is 0 Å². The number of hydrogen-bond donors (Lipinski definition) is 1.